The lowest BCUT2D eigenvalue weighted by Crippen LogP contribution is -1.96. The summed E-state index contributed by atoms with van der Waals surface area (Å²) >= 11 is 6.03. The Morgan fingerprint density at radius 3 is 2.57 bits per heavy atom. The fourth-order valence-corrected chi connectivity index (χ4v) is 3.10. The predicted octanol–water partition coefficient (Wildman–Crippen LogP) is 6.51. The molecule has 0 aliphatic heterocycles. The molecule has 0 unspecified atom stereocenters. The summed E-state index contributed by atoms with van der Waals surface area (Å²) < 4.78 is 13.4. The number of halogens is 1. The largest absolute Gasteiger partial charge is 0.486 e. The molecule has 0 N–H and O–H groups in total. The summed E-state index contributed by atoms with van der Waals surface area (Å²) in [5, 5.41) is 0.705. The highest BCUT2D eigenvalue weighted by molar-refractivity contribution is 6.31. The normalized spacial score (nSPS) is 11.1. The van der Waals surface area contributed by atoms with Gasteiger partial charge in [-0.1, -0.05) is 11.6 Å². The van der Waals surface area contributed by atoms with E-state index in [0.29, 0.717) is 28.7 Å². The zero-order valence-corrected chi connectivity index (χ0v) is 17.2. The molecule has 2 aromatic carbocycles. The van der Waals surface area contributed by atoms with Gasteiger partial charge in [0.05, 0.1) is 0 Å². The molecule has 0 amide bonds. The van der Waals surface area contributed by atoms with Crippen LogP contribution >= 0.6 is 11.6 Å². The minimum absolute atomic E-state index is 0.0834. The lowest BCUT2D eigenvalue weighted by molar-refractivity contribution is 0.104. The van der Waals surface area contributed by atoms with Crippen molar-refractivity contribution in [3.63, 3.8) is 0 Å². The first kappa shape index (κ1) is 19.8. The maximum absolute atomic E-state index is 12.4. The molecule has 0 saturated heterocycles. The van der Waals surface area contributed by atoms with Crippen molar-refractivity contribution in [3.8, 4) is 11.4 Å². The van der Waals surface area contributed by atoms with Crippen LogP contribution < -0.4 is 4.74 Å². The number of allylic oxidation sites excluding steroid dienone is 1. The summed E-state index contributed by atoms with van der Waals surface area (Å²) in [5.41, 5.74) is 2.58. The van der Waals surface area contributed by atoms with Gasteiger partial charge in [-0.3, -0.25) is 4.79 Å². The molecule has 150 valence electrons. The Morgan fingerprint density at radius 1 is 1.07 bits per heavy atom. The first-order chi connectivity index (χ1) is 14.6. The van der Waals surface area contributed by atoms with Crippen molar-refractivity contribution in [2.24, 2.45) is 0 Å². The van der Waals surface area contributed by atoms with Gasteiger partial charge in [-0.25, -0.2) is 0 Å². The van der Waals surface area contributed by atoms with Gasteiger partial charge in [0.1, 0.15) is 23.9 Å². The maximum Gasteiger partial charge on any atom is 0.185 e. The van der Waals surface area contributed by atoms with Gasteiger partial charge in [-0.05, 0) is 91.4 Å². The standard InChI is InChI=1S/C25H20ClNO3/c1-18-16-22(10-12-24(18)26)29-17-23-9-8-21(30-23)11-13-25(28)19-4-6-20(7-5-19)27-14-2-3-15-27/h2-16H,17H2,1H3/b13-11+. The van der Waals surface area contributed by atoms with Crippen molar-refractivity contribution in [2.75, 3.05) is 0 Å². The Kier molecular flexibility index (Phi) is 5.87. The Hall–Kier alpha value is -3.50. The molecular formula is C25H20ClNO3. The monoisotopic (exact) mass is 417 g/mol. The van der Waals surface area contributed by atoms with Crippen LogP contribution in [0.25, 0.3) is 11.8 Å². The zero-order valence-electron chi connectivity index (χ0n) is 16.4. The number of ether oxygens (including phenoxy) is 1. The van der Waals surface area contributed by atoms with Crippen LogP contribution in [0.15, 0.2) is 89.6 Å². The van der Waals surface area contributed by atoms with Crippen LogP contribution in [0.4, 0.5) is 0 Å². The summed E-state index contributed by atoms with van der Waals surface area (Å²) in [7, 11) is 0. The summed E-state index contributed by atoms with van der Waals surface area (Å²) in [6.45, 7) is 2.22. The molecule has 2 heterocycles. The van der Waals surface area contributed by atoms with Crippen LogP contribution in [0.5, 0.6) is 5.75 Å². The van der Waals surface area contributed by atoms with Crippen LogP contribution in [0.1, 0.15) is 27.4 Å². The van der Waals surface area contributed by atoms with Crippen molar-refractivity contribution in [1.29, 1.82) is 0 Å². The number of nitrogens with zero attached hydrogens (tertiary/aromatic N) is 1. The molecule has 4 nitrogen and oxygen atoms in total. The van der Waals surface area contributed by atoms with Gasteiger partial charge in [0.2, 0.25) is 0 Å². The highest BCUT2D eigenvalue weighted by Crippen LogP contribution is 2.22. The van der Waals surface area contributed by atoms with E-state index in [-0.39, 0.29) is 5.78 Å². The van der Waals surface area contributed by atoms with Crippen molar-refractivity contribution in [2.45, 2.75) is 13.5 Å². The first-order valence-corrected chi connectivity index (χ1v) is 9.90. The third kappa shape index (κ3) is 4.73. The van der Waals surface area contributed by atoms with Crippen molar-refractivity contribution >= 4 is 23.5 Å². The third-order valence-electron chi connectivity index (χ3n) is 4.65. The van der Waals surface area contributed by atoms with E-state index in [9.17, 15) is 4.79 Å². The van der Waals surface area contributed by atoms with Crippen molar-refractivity contribution < 1.29 is 13.9 Å². The molecule has 30 heavy (non-hydrogen) atoms. The van der Waals surface area contributed by atoms with Gasteiger partial charge in [0.25, 0.3) is 0 Å². The average Bonchev–Trinajstić information content (AvgIpc) is 3.45. The molecule has 0 saturated carbocycles. The topological polar surface area (TPSA) is 44.4 Å². The van der Waals surface area contributed by atoms with E-state index in [2.05, 4.69) is 0 Å². The Bertz CT molecular complexity index is 1170. The second-order valence-electron chi connectivity index (χ2n) is 6.84. The number of carbonyl (C=O) groups excluding carboxylic acids is 1. The summed E-state index contributed by atoms with van der Waals surface area (Å²) in [4.78, 5) is 12.4. The molecule has 2 aromatic heterocycles. The number of furan rings is 1. The van der Waals surface area contributed by atoms with Crippen molar-refractivity contribution in [3.05, 3.63) is 113 Å². The molecule has 0 radical (unpaired) electrons. The Balaban J connectivity index is 1.35. The average molecular weight is 418 g/mol. The van der Waals surface area contributed by atoms with Gasteiger partial charge in [0, 0.05) is 28.7 Å². The molecule has 4 rings (SSSR count). The van der Waals surface area contributed by atoms with Crippen molar-refractivity contribution in [1.82, 2.24) is 4.57 Å². The molecule has 0 aliphatic rings. The number of aryl methyl sites for hydroxylation is 1. The van der Waals surface area contributed by atoms with Gasteiger partial charge in [-0.15, -0.1) is 0 Å². The highest BCUT2D eigenvalue weighted by atomic mass is 35.5. The lowest BCUT2D eigenvalue weighted by Gasteiger charge is -2.06. The summed E-state index contributed by atoms with van der Waals surface area (Å²) in [5.74, 6) is 1.91. The molecule has 5 heteroatoms. The summed E-state index contributed by atoms with van der Waals surface area (Å²) in [6, 6.07) is 20.5. The summed E-state index contributed by atoms with van der Waals surface area (Å²) in [6.07, 6.45) is 7.10. The minimum atomic E-state index is -0.0834. The van der Waals surface area contributed by atoms with E-state index in [1.54, 1.807) is 12.1 Å². The van der Waals surface area contributed by atoms with Crippen LogP contribution in [-0.4, -0.2) is 10.4 Å². The number of carbonyl (C=O) groups is 1. The quantitative estimate of drug-likeness (QED) is 0.254. The van der Waals surface area contributed by atoms with Crippen LogP contribution in [-0.2, 0) is 6.61 Å². The number of benzene rings is 2. The van der Waals surface area contributed by atoms with E-state index < -0.39 is 0 Å². The molecule has 0 atom stereocenters. The van der Waals surface area contributed by atoms with Crippen LogP contribution in [0.3, 0.4) is 0 Å². The molecular weight excluding hydrogens is 398 g/mol. The first-order valence-electron chi connectivity index (χ1n) is 9.52. The number of aromatic nitrogens is 1. The van der Waals surface area contributed by atoms with E-state index in [1.807, 2.05) is 84.5 Å². The smallest absolute Gasteiger partial charge is 0.185 e. The van der Waals surface area contributed by atoms with Gasteiger partial charge in [-0.2, -0.15) is 0 Å². The molecule has 0 bridgehead atoms. The number of hydrogen-bond acceptors (Lipinski definition) is 3. The van der Waals surface area contributed by atoms with E-state index in [1.165, 1.54) is 6.08 Å². The van der Waals surface area contributed by atoms with E-state index >= 15 is 0 Å². The molecule has 4 aromatic rings. The SMILES string of the molecule is Cc1cc(OCc2ccc(/C=C/C(=O)c3ccc(-n4cccc4)cc3)o2)ccc1Cl. The molecule has 0 spiro atoms. The van der Waals surface area contributed by atoms with Gasteiger partial charge in [0.15, 0.2) is 5.78 Å². The van der Waals surface area contributed by atoms with Gasteiger partial charge >= 0.3 is 0 Å². The number of ketones is 1. The van der Waals surface area contributed by atoms with E-state index in [0.717, 1.165) is 17.0 Å². The maximum atomic E-state index is 12.4. The fraction of sp³-hybridized carbons (Fsp3) is 0.0800. The Labute approximate surface area is 180 Å². The van der Waals surface area contributed by atoms with Gasteiger partial charge < -0.3 is 13.7 Å². The lowest BCUT2D eigenvalue weighted by atomic mass is 10.1. The predicted molar refractivity (Wildman–Crippen MR) is 118 cm³/mol. The highest BCUT2D eigenvalue weighted by Gasteiger charge is 2.05. The number of rotatable bonds is 7. The minimum Gasteiger partial charge on any atom is -0.486 e. The fourth-order valence-electron chi connectivity index (χ4n) is 2.98. The Morgan fingerprint density at radius 2 is 1.83 bits per heavy atom. The zero-order chi connectivity index (χ0) is 20.9. The third-order valence-corrected chi connectivity index (χ3v) is 5.07. The van der Waals surface area contributed by atoms with Crippen LogP contribution in [0.2, 0.25) is 5.02 Å². The van der Waals surface area contributed by atoms with Crippen LogP contribution in [0, 0.1) is 6.92 Å². The molecule has 0 fully saturated rings. The second kappa shape index (κ2) is 8.89. The molecule has 0 aliphatic carbocycles. The second-order valence-corrected chi connectivity index (χ2v) is 7.25. The van der Waals surface area contributed by atoms with E-state index in [4.69, 9.17) is 20.8 Å². The number of hydrogen-bond donors (Lipinski definition) is 0.